The SMILES string of the molecule is Cc1cc(=O)c(C(=O)N2CCCC2c2nnc3n2CCCCC3)nn1-c1cccc(C(F)(F)F)c1. The summed E-state index contributed by atoms with van der Waals surface area (Å²) in [5.41, 5.74) is -1.29. The molecule has 0 aliphatic carbocycles. The highest BCUT2D eigenvalue weighted by Gasteiger charge is 2.37. The van der Waals surface area contributed by atoms with Crippen LogP contribution in [-0.4, -0.2) is 41.9 Å². The number of halogens is 3. The van der Waals surface area contributed by atoms with Crippen LogP contribution in [0.25, 0.3) is 5.69 Å². The maximum Gasteiger partial charge on any atom is 0.416 e. The molecule has 184 valence electrons. The Labute approximate surface area is 199 Å². The van der Waals surface area contributed by atoms with Crippen molar-refractivity contribution in [2.75, 3.05) is 6.54 Å². The number of rotatable bonds is 3. The standard InChI is InChI=1S/C24H25F3N6O2/c1-15-13-19(34)21(30-33(15)17-8-5-7-16(14-17)24(25,26)27)23(35)31-12-6-9-18(31)22-29-28-20-10-3-2-4-11-32(20)22/h5,7-8,13-14,18H,2-4,6,9-12H2,1H3. The molecule has 0 radical (unpaired) electrons. The molecule has 2 aliphatic heterocycles. The number of nitrogens with zero attached hydrogens (tertiary/aromatic N) is 6. The number of carbonyl (C=O) groups excluding carboxylic acids is 1. The third-order valence-corrected chi connectivity index (χ3v) is 6.68. The van der Waals surface area contributed by atoms with Crippen LogP contribution in [0, 0.1) is 6.92 Å². The molecule has 8 nitrogen and oxygen atoms in total. The number of hydrogen-bond donors (Lipinski definition) is 0. The van der Waals surface area contributed by atoms with Crippen molar-refractivity contribution in [3.8, 4) is 5.69 Å². The molecule has 0 saturated carbocycles. The van der Waals surface area contributed by atoms with E-state index in [-0.39, 0.29) is 17.4 Å². The fourth-order valence-corrected chi connectivity index (χ4v) is 4.94. The van der Waals surface area contributed by atoms with Crippen molar-refractivity contribution in [1.29, 1.82) is 0 Å². The van der Waals surface area contributed by atoms with Gasteiger partial charge in [-0.3, -0.25) is 9.59 Å². The Bertz CT molecular complexity index is 1330. The van der Waals surface area contributed by atoms with Crippen LogP contribution in [0.5, 0.6) is 0 Å². The topological polar surface area (TPSA) is 85.9 Å². The second-order valence-corrected chi connectivity index (χ2v) is 9.05. The first-order chi connectivity index (χ1) is 16.7. The van der Waals surface area contributed by atoms with Gasteiger partial charge in [-0.05, 0) is 50.8 Å². The van der Waals surface area contributed by atoms with E-state index in [0.29, 0.717) is 18.7 Å². The highest BCUT2D eigenvalue weighted by molar-refractivity contribution is 5.92. The molecule has 0 N–H and O–H groups in total. The van der Waals surface area contributed by atoms with E-state index in [0.717, 1.165) is 62.4 Å². The highest BCUT2D eigenvalue weighted by atomic mass is 19.4. The lowest BCUT2D eigenvalue weighted by atomic mass is 10.2. The zero-order valence-corrected chi connectivity index (χ0v) is 19.3. The van der Waals surface area contributed by atoms with Gasteiger partial charge < -0.3 is 9.47 Å². The van der Waals surface area contributed by atoms with Gasteiger partial charge in [0.2, 0.25) is 5.43 Å². The summed E-state index contributed by atoms with van der Waals surface area (Å²) < 4.78 is 43.0. The Kier molecular flexibility index (Phi) is 5.94. The summed E-state index contributed by atoms with van der Waals surface area (Å²) in [7, 11) is 0. The summed E-state index contributed by atoms with van der Waals surface area (Å²) in [6.07, 6.45) is 0.922. The molecule has 2 aromatic heterocycles. The molecular formula is C24H25F3N6O2. The molecule has 4 heterocycles. The second kappa shape index (κ2) is 8.94. The zero-order valence-electron chi connectivity index (χ0n) is 19.3. The van der Waals surface area contributed by atoms with Crippen LogP contribution in [0.3, 0.4) is 0 Å². The van der Waals surface area contributed by atoms with Gasteiger partial charge in [-0.25, -0.2) is 4.68 Å². The maximum absolute atomic E-state index is 13.5. The Morgan fingerprint density at radius 3 is 2.69 bits per heavy atom. The van der Waals surface area contributed by atoms with E-state index < -0.39 is 23.1 Å². The van der Waals surface area contributed by atoms with Crippen molar-refractivity contribution >= 4 is 5.91 Å². The van der Waals surface area contributed by atoms with Crippen molar-refractivity contribution in [2.24, 2.45) is 0 Å². The number of hydrogen-bond acceptors (Lipinski definition) is 5. The van der Waals surface area contributed by atoms with Gasteiger partial charge in [-0.2, -0.15) is 18.3 Å². The number of aromatic nitrogens is 5. The molecule has 11 heteroatoms. The first-order valence-electron chi connectivity index (χ1n) is 11.8. The lowest BCUT2D eigenvalue weighted by molar-refractivity contribution is -0.137. The number of carbonyl (C=O) groups is 1. The molecule has 1 aromatic carbocycles. The van der Waals surface area contributed by atoms with E-state index in [1.165, 1.54) is 22.9 Å². The third kappa shape index (κ3) is 4.35. The van der Waals surface area contributed by atoms with Crippen molar-refractivity contribution in [3.63, 3.8) is 0 Å². The van der Waals surface area contributed by atoms with E-state index in [1.807, 2.05) is 0 Å². The minimum Gasteiger partial charge on any atom is -0.327 e. The van der Waals surface area contributed by atoms with E-state index >= 15 is 0 Å². The normalized spacial score (nSPS) is 18.4. The average Bonchev–Trinajstić information content (AvgIpc) is 3.39. The van der Waals surface area contributed by atoms with Crippen LogP contribution in [0.1, 0.15) is 71.5 Å². The molecule has 0 spiro atoms. The summed E-state index contributed by atoms with van der Waals surface area (Å²) >= 11 is 0. The van der Waals surface area contributed by atoms with Crippen LogP contribution in [-0.2, 0) is 19.1 Å². The van der Waals surface area contributed by atoms with Crippen LogP contribution in [0.15, 0.2) is 35.1 Å². The van der Waals surface area contributed by atoms with E-state index in [9.17, 15) is 22.8 Å². The molecule has 1 fully saturated rings. The van der Waals surface area contributed by atoms with Gasteiger partial charge in [0.1, 0.15) is 5.82 Å². The minimum atomic E-state index is -4.53. The van der Waals surface area contributed by atoms with Crippen molar-refractivity contribution in [1.82, 2.24) is 29.4 Å². The van der Waals surface area contributed by atoms with E-state index in [1.54, 1.807) is 11.8 Å². The van der Waals surface area contributed by atoms with E-state index in [2.05, 4.69) is 19.9 Å². The predicted octanol–water partition coefficient (Wildman–Crippen LogP) is 3.85. The number of likely N-dealkylation sites (tertiary alicyclic amines) is 1. The lowest BCUT2D eigenvalue weighted by Crippen LogP contribution is -2.37. The monoisotopic (exact) mass is 486 g/mol. The maximum atomic E-state index is 13.5. The summed E-state index contributed by atoms with van der Waals surface area (Å²) in [5.74, 6) is 1.08. The Balaban J connectivity index is 1.50. The van der Waals surface area contributed by atoms with Gasteiger partial charge in [0, 0.05) is 31.3 Å². The molecule has 1 unspecified atom stereocenters. The van der Waals surface area contributed by atoms with Gasteiger partial charge >= 0.3 is 6.18 Å². The van der Waals surface area contributed by atoms with Crippen molar-refractivity contribution in [3.05, 3.63) is 69.2 Å². The smallest absolute Gasteiger partial charge is 0.327 e. The molecule has 1 atom stereocenters. The molecule has 1 saturated heterocycles. The van der Waals surface area contributed by atoms with Gasteiger partial charge in [0.25, 0.3) is 5.91 Å². The fourth-order valence-electron chi connectivity index (χ4n) is 4.94. The van der Waals surface area contributed by atoms with E-state index in [4.69, 9.17) is 0 Å². The first-order valence-corrected chi connectivity index (χ1v) is 11.8. The van der Waals surface area contributed by atoms with Crippen LogP contribution in [0.4, 0.5) is 13.2 Å². The summed E-state index contributed by atoms with van der Waals surface area (Å²) in [6, 6.07) is 5.54. The molecular weight excluding hydrogens is 461 g/mol. The summed E-state index contributed by atoms with van der Waals surface area (Å²) in [6.45, 7) is 2.79. The molecule has 1 amide bonds. The van der Waals surface area contributed by atoms with Crippen LogP contribution >= 0.6 is 0 Å². The first kappa shape index (κ1) is 23.3. The quantitative estimate of drug-likeness (QED) is 0.561. The Morgan fingerprint density at radius 2 is 1.89 bits per heavy atom. The van der Waals surface area contributed by atoms with Gasteiger partial charge in [-0.15, -0.1) is 10.2 Å². The highest BCUT2D eigenvalue weighted by Crippen LogP contribution is 2.33. The molecule has 0 bridgehead atoms. The number of alkyl halides is 3. The Hall–Kier alpha value is -3.50. The fraction of sp³-hybridized carbons (Fsp3) is 0.458. The van der Waals surface area contributed by atoms with Crippen LogP contribution in [0.2, 0.25) is 0 Å². The largest absolute Gasteiger partial charge is 0.416 e. The number of aryl methyl sites for hydroxylation is 2. The van der Waals surface area contributed by atoms with Crippen molar-refractivity contribution in [2.45, 2.75) is 64.2 Å². The minimum absolute atomic E-state index is 0.118. The lowest BCUT2D eigenvalue weighted by Gasteiger charge is -2.24. The number of benzene rings is 1. The number of fused-ring (bicyclic) bond motifs is 1. The Morgan fingerprint density at radius 1 is 1.06 bits per heavy atom. The molecule has 5 rings (SSSR count). The third-order valence-electron chi connectivity index (χ3n) is 6.68. The van der Waals surface area contributed by atoms with Gasteiger partial charge in [0.15, 0.2) is 11.5 Å². The van der Waals surface area contributed by atoms with Crippen molar-refractivity contribution < 1.29 is 18.0 Å². The predicted molar refractivity (Wildman–Crippen MR) is 120 cm³/mol. The van der Waals surface area contributed by atoms with Crippen LogP contribution < -0.4 is 5.43 Å². The zero-order chi connectivity index (χ0) is 24.7. The molecule has 2 aliphatic rings. The molecule has 35 heavy (non-hydrogen) atoms. The number of amides is 1. The second-order valence-electron chi connectivity index (χ2n) is 9.05. The molecule has 3 aromatic rings. The summed E-state index contributed by atoms with van der Waals surface area (Å²) in [5, 5.41) is 13.0. The average molecular weight is 486 g/mol. The summed E-state index contributed by atoms with van der Waals surface area (Å²) in [4.78, 5) is 27.9. The van der Waals surface area contributed by atoms with Gasteiger partial charge in [-0.1, -0.05) is 12.5 Å². The van der Waals surface area contributed by atoms with Gasteiger partial charge in [0.05, 0.1) is 17.3 Å².